The number of benzene rings is 2. The van der Waals surface area contributed by atoms with Crippen molar-refractivity contribution in [3.8, 4) is 23.0 Å². The van der Waals surface area contributed by atoms with E-state index in [0.29, 0.717) is 19.6 Å². The zero-order valence-electron chi connectivity index (χ0n) is 18.3. The molecule has 33 heavy (non-hydrogen) atoms. The maximum Gasteiger partial charge on any atom is 0.258 e. The van der Waals surface area contributed by atoms with Gasteiger partial charge in [0.25, 0.3) is 5.56 Å². The average Bonchev–Trinajstić information content (AvgIpc) is 2.88. The van der Waals surface area contributed by atoms with Crippen LogP contribution in [0.3, 0.4) is 0 Å². The second-order valence-corrected chi connectivity index (χ2v) is 8.16. The van der Waals surface area contributed by atoms with Crippen molar-refractivity contribution < 1.29 is 0 Å². The van der Waals surface area contributed by atoms with Crippen molar-refractivity contribution in [2.24, 2.45) is 0 Å². The Morgan fingerprint density at radius 1 is 0.909 bits per heavy atom. The molecule has 0 aliphatic carbocycles. The van der Waals surface area contributed by atoms with E-state index in [0.717, 1.165) is 46.5 Å². The van der Waals surface area contributed by atoms with Gasteiger partial charge in [0.1, 0.15) is 0 Å². The van der Waals surface area contributed by atoms with Crippen LogP contribution in [0.5, 0.6) is 0 Å². The minimum atomic E-state index is 0.0407. The molecule has 162 valence electrons. The van der Waals surface area contributed by atoms with Gasteiger partial charge in [0, 0.05) is 37.5 Å². The van der Waals surface area contributed by atoms with E-state index in [-0.39, 0.29) is 5.56 Å². The van der Waals surface area contributed by atoms with Crippen molar-refractivity contribution in [2.75, 3.05) is 13.1 Å². The minimum Gasteiger partial charge on any atom is -0.294 e. The van der Waals surface area contributed by atoms with Crippen LogP contribution < -0.4 is 5.56 Å². The van der Waals surface area contributed by atoms with E-state index in [2.05, 4.69) is 51.0 Å². The molecule has 0 amide bonds. The zero-order valence-corrected chi connectivity index (χ0v) is 18.3. The van der Waals surface area contributed by atoms with Crippen LogP contribution in [-0.4, -0.2) is 32.5 Å². The Morgan fingerprint density at radius 3 is 2.45 bits per heavy atom. The lowest BCUT2D eigenvalue weighted by atomic mass is 10.0. The summed E-state index contributed by atoms with van der Waals surface area (Å²) in [4.78, 5) is 24.1. The highest BCUT2D eigenvalue weighted by Crippen LogP contribution is 2.19. The van der Waals surface area contributed by atoms with Crippen LogP contribution in [0.25, 0.3) is 11.1 Å². The summed E-state index contributed by atoms with van der Waals surface area (Å²) in [6.45, 7) is 2.60. The summed E-state index contributed by atoms with van der Waals surface area (Å²) in [6.07, 6.45) is 6.04. The first-order valence-corrected chi connectivity index (χ1v) is 11.1. The topological polar surface area (TPSA) is 51.0 Å². The van der Waals surface area contributed by atoms with E-state index >= 15 is 0 Å². The van der Waals surface area contributed by atoms with Crippen molar-refractivity contribution >= 4 is 0 Å². The van der Waals surface area contributed by atoms with Crippen molar-refractivity contribution in [1.29, 1.82) is 0 Å². The van der Waals surface area contributed by atoms with Gasteiger partial charge in [0.05, 0.1) is 30.7 Å². The molecular formula is C28H24N4O. The van der Waals surface area contributed by atoms with E-state index in [1.54, 1.807) is 23.3 Å². The lowest BCUT2D eigenvalue weighted by Gasteiger charge is -2.26. The van der Waals surface area contributed by atoms with Gasteiger partial charge in [-0.15, -0.1) is 0 Å². The monoisotopic (exact) mass is 432 g/mol. The first-order chi connectivity index (χ1) is 16.3. The molecule has 0 fully saturated rings. The van der Waals surface area contributed by atoms with Crippen LogP contribution in [-0.2, 0) is 19.5 Å². The highest BCUT2D eigenvalue weighted by atomic mass is 16.1. The Balaban J connectivity index is 1.29. The molecule has 2 aromatic carbocycles. The summed E-state index contributed by atoms with van der Waals surface area (Å²) in [5.74, 6) is 6.43. The lowest BCUT2D eigenvalue weighted by molar-refractivity contribution is 0.280. The second kappa shape index (κ2) is 9.64. The summed E-state index contributed by atoms with van der Waals surface area (Å²) >= 11 is 0. The molecule has 3 heterocycles. The van der Waals surface area contributed by atoms with Crippen molar-refractivity contribution in [3.05, 3.63) is 118 Å². The highest BCUT2D eigenvalue weighted by molar-refractivity contribution is 5.62. The fourth-order valence-electron chi connectivity index (χ4n) is 4.07. The molecule has 5 rings (SSSR count). The molecule has 0 saturated carbocycles. The molecular weight excluding hydrogens is 408 g/mol. The van der Waals surface area contributed by atoms with Gasteiger partial charge in [0.2, 0.25) is 0 Å². The van der Waals surface area contributed by atoms with Gasteiger partial charge in [-0.25, -0.2) is 4.98 Å². The molecule has 0 atom stereocenters. The number of aromatic nitrogens is 3. The molecule has 4 aromatic rings. The lowest BCUT2D eigenvalue weighted by Crippen LogP contribution is -2.38. The highest BCUT2D eigenvalue weighted by Gasteiger charge is 2.20. The second-order valence-electron chi connectivity index (χ2n) is 8.16. The SMILES string of the molecule is O=c1c2c(ncn1Cc1ccc(-c3ccncc3)cc1)CCN(CC#Cc1ccccc1)C2. The number of pyridine rings is 1. The Morgan fingerprint density at radius 2 is 1.67 bits per heavy atom. The van der Waals surface area contributed by atoms with E-state index < -0.39 is 0 Å². The summed E-state index contributed by atoms with van der Waals surface area (Å²) in [5, 5.41) is 0. The molecule has 0 radical (unpaired) electrons. The van der Waals surface area contributed by atoms with Crippen molar-refractivity contribution in [1.82, 2.24) is 19.4 Å². The number of fused-ring (bicyclic) bond motifs is 1. The number of nitrogens with zero attached hydrogens (tertiary/aromatic N) is 4. The van der Waals surface area contributed by atoms with Crippen LogP contribution >= 0.6 is 0 Å². The third kappa shape index (κ3) is 4.92. The number of rotatable bonds is 4. The predicted molar refractivity (Wildman–Crippen MR) is 130 cm³/mol. The maximum atomic E-state index is 13.2. The Labute approximate surface area is 193 Å². The van der Waals surface area contributed by atoms with Gasteiger partial charge >= 0.3 is 0 Å². The van der Waals surface area contributed by atoms with Crippen LogP contribution in [0.15, 0.2) is 90.2 Å². The molecule has 2 aromatic heterocycles. The molecule has 1 aliphatic heterocycles. The fraction of sp³-hybridized carbons (Fsp3) is 0.179. The first-order valence-electron chi connectivity index (χ1n) is 11.1. The van der Waals surface area contributed by atoms with Gasteiger partial charge in [0.15, 0.2) is 0 Å². The predicted octanol–water partition coefficient (Wildman–Crippen LogP) is 3.76. The molecule has 5 heteroatoms. The first kappa shape index (κ1) is 20.9. The van der Waals surface area contributed by atoms with Crippen LogP contribution in [0, 0.1) is 11.8 Å². The van der Waals surface area contributed by atoms with Crippen molar-refractivity contribution in [2.45, 2.75) is 19.5 Å². The van der Waals surface area contributed by atoms with Gasteiger partial charge < -0.3 is 0 Å². The summed E-state index contributed by atoms with van der Waals surface area (Å²) in [5.41, 5.74) is 6.07. The Bertz CT molecular complexity index is 1350. The Hall–Kier alpha value is -4.01. The fourth-order valence-corrected chi connectivity index (χ4v) is 4.07. The van der Waals surface area contributed by atoms with Crippen molar-refractivity contribution in [3.63, 3.8) is 0 Å². The standard InChI is InChI=1S/C28H24N4O/c33-28-26-20-31(17-4-7-22-5-2-1-3-6-22)18-14-27(26)30-21-32(28)19-23-8-10-24(11-9-23)25-12-15-29-16-13-25/h1-3,5-6,8-13,15-16,21H,14,17-20H2. The molecule has 0 saturated heterocycles. The number of hydrogen-bond acceptors (Lipinski definition) is 4. The number of hydrogen-bond donors (Lipinski definition) is 0. The molecule has 0 spiro atoms. The van der Waals surface area contributed by atoms with E-state index in [4.69, 9.17) is 0 Å². The van der Waals surface area contributed by atoms with Gasteiger partial charge in [-0.1, -0.05) is 54.3 Å². The van der Waals surface area contributed by atoms with Gasteiger partial charge in [-0.3, -0.25) is 19.2 Å². The summed E-state index contributed by atoms with van der Waals surface area (Å²) < 4.78 is 1.71. The quantitative estimate of drug-likeness (QED) is 0.461. The van der Waals surface area contributed by atoms with E-state index in [9.17, 15) is 4.79 Å². The van der Waals surface area contributed by atoms with E-state index in [1.807, 2.05) is 42.5 Å². The summed E-state index contributed by atoms with van der Waals surface area (Å²) in [7, 11) is 0. The van der Waals surface area contributed by atoms with Crippen LogP contribution in [0.4, 0.5) is 0 Å². The third-order valence-corrected chi connectivity index (χ3v) is 5.90. The van der Waals surface area contributed by atoms with Gasteiger partial charge in [-0.05, 0) is 41.0 Å². The summed E-state index contributed by atoms with van der Waals surface area (Å²) in [6, 6.07) is 22.2. The average molecular weight is 433 g/mol. The molecule has 0 bridgehead atoms. The molecule has 0 unspecified atom stereocenters. The van der Waals surface area contributed by atoms with Crippen LogP contribution in [0.1, 0.15) is 22.4 Å². The normalized spacial score (nSPS) is 13.1. The smallest absolute Gasteiger partial charge is 0.258 e. The molecule has 0 N–H and O–H groups in total. The Kier molecular flexibility index (Phi) is 6.10. The largest absolute Gasteiger partial charge is 0.294 e. The molecule has 1 aliphatic rings. The third-order valence-electron chi connectivity index (χ3n) is 5.90. The van der Waals surface area contributed by atoms with Gasteiger partial charge in [-0.2, -0.15) is 0 Å². The van der Waals surface area contributed by atoms with E-state index in [1.165, 1.54) is 0 Å². The maximum absolute atomic E-state index is 13.2. The zero-order chi connectivity index (χ0) is 22.5. The minimum absolute atomic E-state index is 0.0407. The van der Waals surface area contributed by atoms with Crippen LogP contribution in [0.2, 0.25) is 0 Å². The molecule has 5 nitrogen and oxygen atoms in total.